The molecule has 0 radical (unpaired) electrons. The van der Waals surface area contributed by atoms with E-state index in [-0.39, 0.29) is 35.5 Å². The molecule has 7 aliphatic rings. The van der Waals surface area contributed by atoms with Crippen molar-refractivity contribution in [2.75, 3.05) is 19.8 Å². The van der Waals surface area contributed by atoms with E-state index in [4.69, 9.17) is 28.4 Å². The lowest BCUT2D eigenvalue weighted by molar-refractivity contribution is -0.342. The van der Waals surface area contributed by atoms with Crippen molar-refractivity contribution < 1.29 is 99.9 Å². The van der Waals surface area contributed by atoms with E-state index in [1.807, 2.05) is 6.92 Å². The van der Waals surface area contributed by atoms with Crippen LogP contribution in [0.25, 0.3) is 0 Å². The van der Waals surface area contributed by atoms with Crippen molar-refractivity contribution >= 4 is 0 Å². The molecular weight excluding hydrogens is 897 g/mol. The van der Waals surface area contributed by atoms with Gasteiger partial charge in [0.25, 0.3) is 0 Å². The maximum absolute atomic E-state index is 12.6. The molecule has 20 heteroatoms. The minimum absolute atomic E-state index is 0.00454. The number of fused-ring (bicyclic) bond motifs is 5. The molecule has 26 atom stereocenters. The van der Waals surface area contributed by atoms with Gasteiger partial charge in [-0.05, 0) is 86.9 Å². The molecule has 3 saturated heterocycles. The molecule has 7 rings (SSSR count). The first kappa shape index (κ1) is 54.7. The Kier molecular flexibility index (Phi) is 16.1. The number of hydrogen-bond acceptors (Lipinski definition) is 20. The molecule has 0 aromatic rings. The zero-order chi connectivity index (χ0) is 50.4. The Morgan fingerprint density at radius 3 is 1.79 bits per heavy atom. The fourth-order valence-electron chi connectivity index (χ4n) is 14.1. The summed E-state index contributed by atoms with van der Waals surface area (Å²) in [5, 5.41) is 150. The maximum Gasteiger partial charge on any atom is 0.187 e. The van der Waals surface area contributed by atoms with Gasteiger partial charge >= 0.3 is 0 Å². The molecule has 68 heavy (non-hydrogen) atoms. The molecule has 3 heterocycles. The average Bonchev–Trinajstić information content (AvgIpc) is 3.55. The van der Waals surface area contributed by atoms with Crippen LogP contribution in [0.2, 0.25) is 0 Å². The van der Waals surface area contributed by atoms with Gasteiger partial charge in [0.1, 0.15) is 73.2 Å². The normalized spacial score (nSPS) is 50.9. The first-order valence-corrected chi connectivity index (χ1v) is 24.6. The first-order valence-electron chi connectivity index (χ1n) is 24.6. The largest absolute Gasteiger partial charge is 0.394 e. The SMILES string of the molecule is C[C@H](C(O)CC(OC1OC(COC2OC(CO)C(O)C(O)C2O)C(O)C(O)C1O)C(C)(C)O)[C@H]1CC[C@@]2(C)[C@@H]3CC=C4C(CCC(OC5OC(CO)C(O)C(O)C5O)C4(C)C)[C@]3(C)C(O)C[C@]12C. The highest BCUT2D eigenvalue weighted by Crippen LogP contribution is 2.75. The zero-order valence-corrected chi connectivity index (χ0v) is 40.6. The Hall–Kier alpha value is -1.06. The second kappa shape index (κ2) is 20.0. The second-order valence-electron chi connectivity index (χ2n) is 23.2. The van der Waals surface area contributed by atoms with Gasteiger partial charge in [-0.15, -0.1) is 0 Å². The average molecular weight is 979 g/mol. The number of allylic oxidation sites excluding steroid dienone is 1. The highest BCUT2D eigenvalue weighted by atomic mass is 16.7. The van der Waals surface area contributed by atoms with Crippen LogP contribution in [-0.4, -0.2) is 213 Å². The van der Waals surface area contributed by atoms with Crippen LogP contribution in [0.5, 0.6) is 0 Å². The van der Waals surface area contributed by atoms with E-state index in [2.05, 4.69) is 40.7 Å². The topological polar surface area (TPSA) is 339 Å². The van der Waals surface area contributed by atoms with Crippen LogP contribution < -0.4 is 0 Å². The number of aliphatic hydroxyl groups excluding tert-OH is 13. The first-order chi connectivity index (χ1) is 31.6. The number of hydrogen-bond donors (Lipinski definition) is 14. The van der Waals surface area contributed by atoms with Gasteiger partial charge in [-0.1, -0.05) is 53.2 Å². The van der Waals surface area contributed by atoms with Crippen LogP contribution in [-0.2, 0) is 28.4 Å². The summed E-state index contributed by atoms with van der Waals surface area (Å²) in [6.45, 7) is 14.0. The Morgan fingerprint density at radius 1 is 0.691 bits per heavy atom. The van der Waals surface area contributed by atoms with Crippen molar-refractivity contribution in [3.8, 4) is 0 Å². The summed E-state index contributed by atoms with van der Waals surface area (Å²) < 4.78 is 35.1. The molecular formula is C48H82O20. The van der Waals surface area contributed by atoms with Gasteiger partial charge in [0, 0.05) is 17.3 Å². The van der Waals surface area contributed by atoms with Crippen molar-refractivity contribution in [3.05, 3.63) is 11.6 Å². The van der Waals surface area contributed by atoms with Crippen molar-refractivity contribution in [1.29, 1.82) is 0 Å². The van der Waals surface area contributed by atoms with Gasteiger partial charge in [0.05, 0.1) is 49.8 Å². The predicted molar refractivity (Wildman–Crippen MR) is 236 cm³/mol. The summed E-state index contributed by atoms with van der Waals surface area (Å²) in [6.07, 6.45) is -20.4. The van der Waals surface area contributed by atoms with E-state index in [0.717, 1.165) is 18.4 Å². The summed E-state index contributed by atoms with van der Waals surface area (Å²) in [4.78, 5) is 0. The predicted octanol–water partition coefficient (Wildman–Crippen LogP) is -2.09. The van der Waals surface area contributed by atoms with Gasteiger partial charge in [0.15, 0.2) is 18.9 Å². The summed E-state index contributed by atoms with van der Waals surface area (Å²) in [5.74, 6) is -0.349. The monoisotopic (exact) mass is 979 g/mol. The lowest BCUT2D eigenvalue weighted by Gasteiger charge is -2.67. The molecule has 14 N–H and O–H groups in total. The Labute approximate surface area is 398 Å². The van der Waals surface area contributed by atoms with Crippen LogP contribution in [0.3, 0.4) is 0 Å². The van der Waals surface area contributed by atoms with Gasteiger partial charge in [-0.2, -0.15) is 0 Å². The molecule has 0 bridgehead atoms. The summed E-state index contributed by atoms with van der Waals surface area (Å²) in [6, 6.07) is 0. The van der Waals surface area contributed by atoms with Crippen LogP contribution in [0.1, 0.15) is 100 Å². The van der Waals surface area contributed by atoms with Crippen molar-refractivity contribution in [2.24, 2.45) is 45.3 Å². The molecule has 394 valence electrons. The second-order valence-corrected chi connectivity index (χ2v) is 23.2. The van der Waals surface area contributed by atoms with Crippen LogP contribution in [0.15, 0.2) is 11.6 Å². The minimum Gasteiger partial charge on any atom is -0.394 e. The molecule has 0 spiro atoms. The molecule has 20 nitrogen and oxygen atoms in total. The van der Waals surface area contributed by atoms with E-state index in [9.17, 15) is 71.5 Å². The van der Waals surface area contributed by atoms with E-state index in [1.165, 1.54) is 13.8 Å². The fraction of sp³-hybridized carbons (Fsp3) is 0.958. The van der Waals surface area contributed by atoms with Crippen molar-refractivity contribution in [1.82, 2.24) is 0 Å². The maximum atomic E-state index is 12.6. The lowest BCUT2D eigenvalue weighted by atomic mass is 9.38. The highest BCUT2D eigenvalue weighted by Gasteiger charge is 2.70. The number of aliphatic hydroxyl groups is 14. The van der Waals surface area contributed by atoms with Crippen molar-refractivity contribution in [2.45, 2.75) is 222 Å². The standard InChI is InChI=1S/C48H82O20/c1-20(24(51)15-31(45(4,5)62)68-43-40(61)37(58)34(55)27(66-43)19-63-41-38(59)35(56)32(53)25(17-49)64-41)21-13-14-46(6)28-11-9-22-23(48(28,8)29(52)16-47(21,46)7)10-12-30(44(22,2)3)67-42-39(60)36(57)33(54)26(18-50)65-42/h9,20-21,23-43,49-62H,10-19H2,1-8H3/t20-,21+,23?,24?,25?,26?,27?,28-,29?,30?,31?,32?,33?,34?,35?,36?,37?,38?,39?,40?,41?,42?,43?,46-,47+,48-/m0/s1. The molecule has 0 aromatic heterocycles. The van der Waals surface area contributed by atoms with Gasteiger partial charge in [0.2, 0.25) is 0 Å². The van der Waals surface area contributed by atoms with Gasteiger partial charge in [-0.25, -0.2) is 0 Å². The van der Waals surface area contributed by atoms with Crippen LogP contribution in [0.4, 0.5) is 0 Å². The number of rotatable bonds is 14. The smallest absolute Gasteiger partial charge is 0.187 e. The highest BCUT2D eigenvalue weighted by molar-refractivity contribution is 5.32. The summed E-state index contributed by atoms with van der Waals surface area (Å²) in [5.41, 5.74) is -2.23. The summed E-state index contributed by atoms with van der Waals surface area (Å²) in [7, 11) is 0. The Balaban J connectivity index is 1.03. The Morgan fingerprint density at radius 2 is 1.22 bits per heavy atom. The van der Waals surface area contributed by atoms with Gasteiger partial charge < -0.3 is 99.9 Å². The third-order valence-electron chi connectivity index (χ3n) is 18.8. The Bertz CT molecular complexity index is 1740. The van der Waals surface area contributed by atoms with E-state index >= 15 is 0 Å². The lowest BCUT2D eigenvalue weighted by Crippen LogP contribution is -2.65. The van der Waals surface area contributed by atoms with Crippen molar-refractivity contribution in [3.63, 3.8) is 0 Å². The quantitative estimate of drug-likeness (QED) is 0.0831. The molecule has 6 fully saturated rings. The third-order valence-corrected chi connectivity index (χ3v) is 18.8. The molecule has 3 aliphatic heterocycles. The molecule has 0 amide bonds. The van der Waals surface area contributed by atoms with E-state index in [0.29, 0.717) is 25.7 Å². The zero-order valence-electron chi connectivity index (χ0n) is 40.6. The molecule has 20 unspecified atom stereocenters. The minimum atomic E-state index is -1.82. The molecule has 4 aliphatic carbocycles. The van der Waals surface area contributed by atoms with Crippen LogP contribution in [0, 0.1) is 45.3 Å². The summed E-state index contributed by atoms with van der Waals surface area (Å²) >= 11 is 0. The molecule has 0 aromatic carbocycles. The van der Waals surface area contributed by atoms with Gasteiger partial charge in [-0.3, -0.25) is 0 Å². The number of ether oxygens (including phenoxy) is 6. The molecule has 3 saturated carbocycles. The fourth-order valence-corrected chi connectivity index (χ4v) is 14.1. The third kappa shape index (κ3) is 9.19. The van der Waals surface area contributed by atoms with E-state index in [1.54, 1.807) is 0 Å². The van der Waals surface area contributed by atoms with E-state index < -0.39 is 158 Å². The van der Waals surface area contributed by atoms with Crippen LogP contribution >= 0.6 is 0 Å².